The van der Waals surface area contributed by atoms with Crippen molar-refractivity contribution >= 4 is 17.1 Å². The molecule has 54 heavy (non-hydrogen) atoms. The molecule has 0 fully saturated rings. The molecule has 0 bridgehead atoms. The van der Waals surface area contributed by atoms with Crippen LogP contribution in [0.3, 0.4) is 0 Å². The minimum Gasteiger partial charge on any atom is -0.493 e. The Morgan fingerprint density at radius 3 is 2.04 bits per heavy atom. The zero-order valence-electron chi connectivity index (χ0n) is 30.7. The topological polar surface area (TPSA) is 57.2 Å². The van der Waals surface area contributed by atoms with Crippen molar-refractivity contribution in [2.75, 3.05) is 22.4 Å². The van der Waals surface area contributed by atoms with E-state index in [-0.39, 0.29) is 13.1 Å². The van der Waals surface area contributed by atoms with E-state index in [1.807, 2.05) is 42.5 Å². The predicted molar refractivity (Wildman–Crippen MR) is 201 cm³/mol. The molecule has 3 heterocycles. The lowest BCUT2D eigenvalue weighted by molar-refractivity contribution is -0.0179. The van der Waals surface area contributed by atoms with Gasteiger partial charge in [-0.3, -0.25) is 10.7 Å². The van der Waals surface area contributed by atoms with Crippen molar-refractivity contribution < 1.29 is 32.2 Å². The minimum absolute atomic E-state index is 0.0800. The summed E-state index contributed by atoms with van der Waals surface area (Å²) in [6.07, 6.45) is 2.54. The van der Waals surface area contributed by atoms with Gasteiger partial charge in [-0.2, -0.15) is 0 Å². The monoisotopic (exact) mass is 735 g/mol. The molecule has 6 nitrogen and oxygen atoms in total. The summed E-state index contributed by atoms with van der Waals surface area (Å²) in [4.78, 5) is 4.16. The molecule has 5 aromatic rings. The van der Waals surface area contributed by atoms with Crippen LogP contribution in [0.5, 0.6) is 11.5 Å². The van der Waals surface area contributed by atoms with Crippen molar-refractivity contribution in [3.63, 3.8) is 0 Å². The maximum Gasteiger partial charge on any atom is 0.193 e. The Labute approximate surface area is 312 Å². The summed E-state index contributed by atoms with van der Waals surface area (Å²) < 4.78 is 72.2. The van der Waals surface area contributed by atoms with Gasteiger partial charge in [0.15, 0.2) is 17.2 Å². The lowest BCUT2D eigenvalue weighted by atomic mass is 9.70. The Morgan fingerprint density at radius 1 is 0.796 bits per heavy atom. The molecule has 8 rings (SSSR count). The summed E-state index contributed by atoms with van der Waals surface area (Å²) in [5.41, 5.74) is 6.36. The number of anilines is 3. The van der Waals surface area contributed by atoms with Gasteiger partial charge in [-0.15, -0.1) is 0 Å². The molecule has 10 heteroatoms. The van der Waals surface area contributed by atoms with Gasteiger partial charge < -0.3 is 19.3 Å². The van der Waals surface area contributed by atoms with Crippen LogP contribution in [0.15, 0.2) is 109 Å². The zero-order chi connectivity index (χ0) is 38.2. The van der Waals surface area contributed by atoms with Gasteiger partial charge in [0.25, 0.3) is 0 Å². The Hall–Kier alpha value is -5.48. The van der Waals surface area contributed by atoms with Gasteiger partial charge in [-0.05, 0) is 55.3 Å². The van der Waals surface area contributed by atoms with Gasteiger partial charge >= 0.3 is 0 Å². The van der Waals surface area contributed by atoms with Crippen LogP contribution in [-0.2, 0) is 23.9 Å². The molecule has 3 aliphatic heterocycles. The summed E-state index contributed by atoms with van der Waals surface area (Å²) in [5, 5.41) is 10.1. The van der Waals surface area contributed by atoms with Gasteiger partial charge in [-0.1, -0.05) is 68.5 Å². The van der Waals surface area contributed by atoms with Crippen molar-refractivity contribution in [1.29, 1.82) is 0 Å². The first-order chi connectivity index (χ1) is 25.8. The normalized spacial score (nSPS) is 21.1. The molecule has 0 amide bonds. The second-order valence-electron chi connectivity index (χ2n) is 15.4. The van der Waals surface area contributed by atoms with E-state index in [0.29, 0.717) is 34.7 Å². The van der Waals surface area contributed by atoms with E-state index in [2.05, 4.69) is 61.2 Å². The SMILES string of the molecule is COc1cc(NO)cc2c1OC1(CC2/C=C2/N(Cc3ccc(F)cc3F)c3ccccc3C2(C)C)N(Cc2ccc(F)cc2F)c2ccccc2C1(C)C. The summed E-state index contributed by atoms with van der Waals surface area (Å²) in [6, 6.07) is 26.7. The maximum atomic E-state index is 15.5. The first kappa shape index (κ1) is 35.5. The fraction of sp³-hybridized carbons (Fsp3) is 0.273. The van der Waals surface area contributed by atoms with Gasteiger partial charge in [0.2, 0.25) is 0 Å². The predicted octanol–water partition coefficient (Wildman–Crippen LogP) is 10.5. The molecule has 3 aliphatic rings. The molecule has 2 unspecified atom stereocenters. The van der Waals surface area contributed by atoms with Crippen LogP contribution in [0.2, 0.25) is 0 Å². The molecule has 0 aliphatic carbocycles. The minimum atomic E-state index is -1.14. The average molecular weight is 736 g/mol. The number of para-hydroxylation sites is 2. The summed E-state index contributed by atoms with van der Waals surface area (Å²) in [7, 11) is 1.53. The van der Waals surface area contributed by atoms with Crippen molar-refractivity contribution in [1.82, 2.24) is 0 Å². The number of nitrogens with one attached hydrogen (secondary N) is 1. The summed E-state index contributed by atoms with van der Waals surface area (Å²) in [5.74, 6) is -2.17. The van der Waals surface area contributed by atoms with Gasteiger partial charge in [-0.25, -0.2) is 17.6 Å². The van der Waals surface area contributed by atoms with Gasteiger partial charge in [0.1, 0.15) is 23.3 Å². The highest BCUT2D eigenvalue weighted by Crippen LogP contribution is 2.61. The van der Waals surface area contributed by atoms with Crippen LogP contribution in [-0.4, -0.2) is 18.0 Å². The summed E-state index contributed by atoms with van der Waals surface area (Å²) in [6.45, 7) is 8.69. The Kier molecular flexibility index (Phi) is 8.45. The number of ether oxygens (including phenoxy) is 2. The standard InChI is InChI=1S/C44H41F4N3O3/c1-42(2)33-10-6-8-12-37(33)50(24-26-14-16-29(45)19-35(26)47)40(42)18-28-23-44(54-41-32(28)21-31(49-52)22-39(41)53-5)43(3,4)34-11-7-9-13-38(34)51(44)25-27-15-17-30(46)20-36(27)48/h6-22,28,49,52H,23-25H2,1-5H3/b40-18+. The van der Waals surface area contributed by atoms with Crippen molar-refractivity contribution in [3.8, 4) is 11.5 Å². The third-order valence-electron chi connectivity index (χ3n) is 11.7. The quantitative estimate of drug-likeness (QED) is 0.128. The van der Waals surface area contributed by atoms with Crippen LogP contribution >= 0.6 is 0 Å². The van der Waals surface area contributed by atoms with E-state index in [0.717, 1.165) is 45.9 Å². The second kappa shape index (κ2) is 12.8. The molecule has 278 valence electrons. The number of allylic oxidation sites excluding steroid dienone is 2. The van der Waals surface area contributed by atoms with E-state index >= 15 is 8.78 Å². The highest BCUT2D eigenvalue weighted by atomic mass is 19.1. The molecule has 5 aromatic carbocycles. The molecule has 1 spiro atoms. The van der Waals surface area contributed by atoms with Gasteiger partial charge in [0.05, 0.1) is 24.8 Å². The van der Waals surface area contributed by atoms with Crippen LogP contribution in [0, 0.1) is 23.3 Å². The Morgan fingerprint density at radius 2 is 1.41 bits per heavy atom. The number of fused-ring (bicyclic) bond motifs is 3. The number of hydrogen-bond donors (Lipinski definition) is 2. The molecule has 2 atom stereocenters. The van der Waals surface area contributed by atoms with Crippen LogP contribution in [0.25, 0.3) is 0 Å². The van der Waals surface area contributed by atoms with Gasteiger partial charge in [0, 0.05) is 76.3 Å². The molecule has 0 aromatic heterocycles. The van der Waals surface area contributed by atoms with E-state index in [1.165, 1.54) is 31.4 Å². The Balaban J connectivity index is 1.35. The smallest absolute Gasteiger partial charge is 0.193 e. The third kappa shape index (κ3) is 5.41. The number of hydrogen-bond acceptors (Lipinski definition) is 6. The van der Waals surface area contributed by atoms with Crippen molar-refractivity contribution in [3.05, 3.63) is 160 Å². The van der Waals surface area contributed by atoms with Crippen molar-refractivity contribution in [2.24, 2.45) is 0 Å². The first-order valence-electron chi connectivity index (χ1n) is 17.9. The van der Waals surface area contributed by atoms with E-state index in [9.17, 15) is 14.0 Å². The van der Waals surface area contributed by atoms with E-state index < -0.39 is 45.7 Å². The van der Waals surface area contributed by atoms with E-state index in [4.69, 9.17) is 9.47 Å². The largest absolute Gasteiger partial charge is 0.493 e. The fourth-order valence-electron chi connectivity index (χ4n) is 8.88. The number of halogens is 4. The highest BCUT2D eigenvalue weighted by Gasteiger charge is 2.62. The number of rotatable bonds is 7. The highest BCUT2D eigenvalue weighted by molar-refractivity contribution is 5.73. The first-order valence-corrected chi connectivity index (χ1v) is 17.9. The van der Waals surface area contributed by atoms with Crippen LogP contribution in [0.1, 0.15) is 67.9 Å². The maximum absolute atomic E-state index is 15.5. The van der Waals surface area contributed by atoms with Crippen LogP contribution < -0.4 is 24.8 Å². The number of nitrogens with zero attached hydrogens (tertiary/aromatic N) is 2. The molecule has 0 radical (unpaired) electrons. The van der Waals surface area contributed by atoms with Crippen molar-refractivity contribution in [2.45, 2.75) is 69.7 Å². The molecular formula is C44H41F4N3O3. The average Bonchev–Trinajstić information content (AvgIpc) is 3.46. The fourth-order valence-corrected chi connectivity index (χ4v) is 8.88. The van der Waals surface area contributed by atoms with Crippen LogP contribution in [0.4, 0.5) is 34.6 Å². The molecule has 2 N–H and O–H groups in total. The lowest BCUT2D eigenvalue weighted by Gasteiger charge is -2.52. The summed E-state index contributed by atoms with van der Waals surface area (Å²) >= 11 is 0. The number of benzene rings is 5. The molecule has 0 saturated carbocycles. The number of methoxy groups -OCH3 is 1. The third-order valence-corrected chi connectivity index (χ3v) is 11.7. The lowest BCUT2D eigenvalue weighted by Crippen LogP contribution is -2.62. The Bertz CT molecular complexity index is 2330. The molecular weight excluding hydrogens is 694 g/mol. The molecule has 0 saturated heterocycles. The van der Waals surface area contributed by atoms with E-state index in [1.54, 1.807) is 6.07 Å². The second-order valence-corrected chi connectivity index (χ2v) is 15.4. The zero-order valence-corrected chi connectivity index (χ0v) is 30.7.